The monoisotopic (exact) mass is 219 g/mol. The van der Waals surface area contributed by atoms with Crippen LogP contribution in [0.3, 0.4) is 0 Å². The summed E-state index contributed by atoms with van der Waals surface area (Å²) in [5.74, 6) is -1.08. The first kappa shape index (κ1) is 10.2. The Hall–Kier alpha value is -2.37. The summed E-state index contributed by atoms with van der Waals surface area (Å²) in [4.78, 5) is 25.0. The van der Waals surface area contributed by atoms with Crippen molar-refractivity contribution in [2.75, 3.05) is 0 Å². The maximum atomic E-state index is 11.6. The SMILES string of the molecule is C=CCc1c(C(=O)O)cn2nc[nH]c(=O)c12. The Kier molecular flexibility index (Phi) is 2.32. The number of hydrogen-bond acceptors (Lipinski definition) is 3. The number of carboxylic acids is 1. The number of aromatic amines is 1. The number of fused-ring (bicyclic) bond motifs is 1. The van der Waals surface area contributed by atoms with Gasteiger partial charge in [-0.2, -0.15) is 5.10 Å². The quantitative estimate of drug-likeness (QED) is 0.733. The maximum absolute atomic E-state index is 11.6. The summed E-state index contributed by atoms with van der Waals surface area (Å²) in [7, 11) is 0. The van der Waals surface area contributed by atoms with E-state index < -0.39 is 5.97 Å². The van der Waals surface area contributed by atoms with Crippen LogP contribution in [0.4, 0.5) is 0 Å². The van der Waals surface area contributed by atoms with Crippen LogP contribution < -0.4 is 5.56 Å². The van der Waals surface area contributed by atoms with Gasteiger partial charge in [-0.05, 0) is 6.42 Å². The van der Waals surface area contributed by atoms with Crippen LogP contribution in [0, 0.1) is 0 Å². The number of aromatic carboxylic acids is 1. The second-order valence-electron chi connectivity index (χ2n) is 3.23. The van der Waals surface area contributed by atoms with Crippen LogP contribution in [0.5, 0.6) is 0 Å². The van der Waals surface area contributed by atoms with E-state index in [1.807, 2.05) is 0 Å². The Labute approximate surface area is 89.8 Å². The molecule has 0 aromatic carbocycles. The summed E-state index contributed by atoms with van der Waals surface area (Å²) in [6.07, 6.45) is 4.41. The zero-order valence-corrected chi connectivity index (χ0v) is 8.30. The molecule has 0 unspecified atom stereocenters. The van der Waals surface area contributed by atoms with E-state index in [-0.39, 0.29) is 16.6 Å². The molecule has 0 bridgehead atoms. The van der Waals surface area contributed by atoms with E-state index in [9.17, 15) is 9.59 Å². The Morgan fingerprint density at radius 1 is 1.69 bits per heavy atom. The maximum Gasteiger partial charge on any atom is 0.337 e. The van der Waals surface area contributed by atoms with E-state index in [2.05, 4.69) is 16.7 Å². The summed E-state index contributed by atoms with van der Waals surface area (Å²) >= 11 is 0. The molecule has 0 spiro atoms. The van der Waals surface area contributed by atoms with Gasteiger partial charge in [0.05, 0.1) is 5.56 Å². The van der Waals surface area contributed by atoms with Gasteiger partial charge in [-0.15, -0.1) is 6.58 Å². The van der Waals surface area contributed by atoms with Gasteiger partial charge >= 0.3 is 5.97 Å². The molecule has 16 heavy (non-hydrogen) atoms. The van der Waals surface area contributed by atoms with Crippen LogP contribution in [0.2, 0.25) is 0 Å². The average molecular weight is 219 g/mol. The first-order valence-corrected chi connectivity index (χ1v) is 4.57. The molecule has 0 atom stereocenters. The highest BCUT2D eigenvalue weighted by Crippen LogP contribution is 2.15. The minimum atomic E-state index is -1.08. The van der Waals surface area contributed by atoms with Crippen molar-refractivity contribution in [1.82, 2.24) is 14.6 Å². The number of H-pyrrole nitrogens is 1. The summed E-state index contributed by atoms with van der Waals surface area (Å²) < 4.78 is 1.26. The van der Waals surface area contributed by atoms with Crippen molar-refractivity contribution >= 4 is 11.5 Å². The van der Waals surface area contributed by atoms with Gasteiger partial charge in [0, 0.05) is 11.8 Å². The molecule has 82 valence electrons. The fourth-order valence-corrected chi connectivity index (χ4v) is 1.62. The van der Waals surface area contributed by atoms with Gasteiger partial charge in [0.2, 0.25) is 0 Å². The fraction of sp³-hybridized carbons (Fsp3) is 0.100. The minimum absolute atomic E-state index is 0.0732. The lowest BCUT2D eigenvalue weighted by atomic mass is 10.1. The lowest BCUT2D eigenvalue weighted by Crippen LogP contribution is -2.11. The van der Waals surface area contributed by atoms with Crippen LogP contribution >= 0.6 is 0 Å². The molecule has 0 fully saturated rings. The highest BCUT2D eigenvalue weighted by atomic mass is 16.4. The second-order valence-corrected chi connectivity index (χ2v) is 3.23. The standard InChI is InChI=1S/C10H9N3O3/c1-2-3-6-7(10(15)16)4-13-8(6)9(14)11-5-12-13/h2,4-5H,1,3H2,(H,15,16)(H,11,12,14). The number of carboxylic acid groups (broad SMARTS) is 1. The summed E-state index contributed by atoms with van der Waals surface area (Å²) in [6.45, 7) is 3.54. The van der Waals surface area contributed by atoms with Crippen molar-refractivity contribution < 1.29 is 9.90 Å². The largest absolute Gasteiger partial charge is 0.478 e. The lowest BCUT2D eigenvalue weighted by molar-refractivity contribution is 0.0696. The van der Waals surface area contributed by atoms with Gasteiger partial charge in [0.1, 0.15) is 11.8 Å². The summed E-state index contributed by atoms with van der Waals surface area (Å²) in [5, 5.41) is 12.8. The zero-order chi connectivity index (χ0) is 11.7. The Bertz CT molecular complexity index is 624. The molecule has 6 nitrogen and oxygen atoms in total. The predicted octanol–water partition coefficient (Wildman–Crippen LogP) is 0.449. The summed E-state index contributed by atoms with van der Waals surface area (Å²) in [5.41, 5.74) is 0.389. The molecule has 0 aliphatic heterocycles. The third-order valence-electron chi connectivity index (χ3n) is 2.26. The Morgan fingerprint density at radius 2 is 2.44 bits per heavy atom. The zero-order valence-electron chi connectivity index (χ0n) is 8.30. The summed E-state index contributed by atoms with van der Waals surface area (Å²) in [6, 6.07) is 0. The van der Waals surface area contributed by atoms with E-state index in [0.29, 0.717) is 12.0 Å². The first-order chi connectivity index (χ1) is 7.65. The molecule has 2 heterocycles. The molecule has 6 heteroatoms. The van der Waals surface area contributed by atoms with Gasteiger partial charge in [0.15, 0.2) is 0 Å². The van der Waals surface area contributed by atoms with Crippen molar-refractivity contribution in [1.29, 1.82) is 0 Å². The van der Waals surface area contributed by atoms with Crippen molar-refractivity contribution in [3.05, 3.63) is 46.7 Å². The smallest absolute Gasteiger partial charge is 0.337 e. The van der Waals surface area contributed by atoms with Gasteiger partial charge < -0.3 is 10.1 Å². The lowest BCUT2D eigenvalue weighted by Gasteiger charge is -1.95. The first-order valence-electron chi connectivity index (χ1n) is 4.57. The highest BCUT2D eigenvalue weighted by Gasteiger charge is 2.17. The van der Waals surface area contributed by atoms with Gasteiger partial charge in [-0.3, -0.25) is 4.79 Å². The second kappa shape index (κ2) is 3.65. The van der Waals surface area contributed by atoms with E-state index in [1.54, 1.807) is 6.08 Å². The Morgan fingerprint density at radius 3 is 3.06 bits per heavy atom. The number of carbonyl (C=O) groups is 1. The number of aromatic nitrogens is 3. The van der Waals surface area contributed by atoms with Crippen molar-refractivity contribution in [3.63, 3.8) is 0 Å². The number of nitrogens with one attached hydrogen (secondary N) is 1. The molecular formula is C10H9N3O3. The van der Waals surface area contributed by atoms with Crippen LogP contribution in [0.25, 0.3) is 5.52 Å². The topological polar surface area (TPSA) is 87.5 Å². The highest BCUT2D eigenvalue weighted by molar-refractivity contribution is 5.92. The number of hydrogen-bond donors (Lipinski definition) is 2. The number of nitrogens with zero attached hydrogens (tertiary/aromatic N) is 2. The third-order valence-corrected chi connectivity index (χ3v) is 2.26. The molecular weight excluding hydrogens is 210 g/mol. The molecule has 2 rings (SSSR count). The molecule has 2 N–H and O–H groups in total. The molecule has 2 aromatic heterocycles. The predicted molar refractivity (Wildman–Crippen MR) is 56.7 cm³/mol. The van der Waals surface area contributed by atoms with E-state index in [4.69, 9.17) is 5.11 Å². The normalized spacial score (nSPS) is 10.5. The van der Waals surface area contributed by atoms with Crippen molar-refractivity contribution in [3.8, 4) is 0 Å². The Balaban J connectivity index is 2.87. The number of rotatable bonds is 3. The van der Waals surface area contributed by atoms with Crippen molar-refractivity contribution in [2.45, 2.75) is 6.42 Å². The molecule has 0 radical (unpaired) electrons. The van der Waals surface area contributed by atoms with E-state index in [0.717, 1.165) is 0 Å². The van der Waals surface area contributed by atoms with Crippen molar-refractivity contribution in [2.24, 2.45) is 0 Å². The van der Waals surface area contributed by atoms with Crippen LogP contribution in [-0.4, -0.2) is 25.7 Å². The van der Waals surface area contributed by atoms with Gasteiger partial charge in [-0.1, -0.05) is 6.08 Å². The van der Waals surface area contributed by atoms with Gasteiger partial charge in [0.25, 0.3) is 5.56 Å². The van der Waals surface area contributed by atoms with Crippen LogP contribution in [0.15, 0.2) is 30.0 Å². The average Bonchev–Trinajstić information content (AvgIpc) is 2.59. The minimum Gasteiger partial charge on any atom is -0.478 e. The molecule has 0 aliphatic carbocycles. The molecule has 0 aliphatic rings. The van der Waals surface area contributed by atoms with E-state index in [1.165, 1.54) is 17.0 Å². The van der Waals surface area contributed by atoms with Crippen LogP contribution in [0.1, 0.15) is 15.9 Å². The third kappa shape index (κ3) is 1.40. The van der Waals surface area contributed by atoms with Crippen LogP contribution in [-0.2, 0) is 6.42 Å². The van der Waals surface area contributed by atoms with Gasteiger partial charge in [-0.25, -0.2) is 9.31 Å². The number of allylic oxidation sites excluding steroid dienone is 1. The molecule has 0 amide bonds. The molecule has 0 saturated heterocycles. The molecule has 2 aromatic rings. The molecule has 0 saturated carbocycles. The van der Waals surface area contributed by atoms with E-state index >= 15 is 0 Å². The fourth-order valence-electron chi connectivity index (χ4n) is 1.62.